The van der Waals surface area contributed by atoms with Gasteiger partial charge >= 0.3 is 0 Å². The third-order valence-electron chi connectivity index (χ3n) is 10.5. The maximum absolute atomic E-state index is 12.7. The summed E-state index contributed by atoms with van der Waals surface area (Å²) in [6.07, 6.45) is 7.38. The van der Waals surface area contributed by atoms with Gasteiger partial charge in [-0.2, -0.15) is 0 Å². The first-order valence-electron chi connectivity index (χ1n) is 21.8. The number of halogens is 2. The molecule has 0 spiro atoms. The number of rotatable bonds is 13. The maximum atomic E-state index is 12.7. The van der Waals surface area contributed by atoms with Crippen molar-refractivity contribution < 1.29 is 23.5 Å². The van der Waals surface area contributed by atoms with Crippen molar-refractivity contribution in [2.75, 3.05) is 19.8 Å². The second-order valence-corrected chi connectivity index (χ2v) is 43.3. The van der Waals surface area contributed by atoms with Gasteiger partial charge in [0.05, 0.1) is 13.2 Å². The molecule has 5 nitrogen and oxygen atoms in total. The van der Waals surface area contributed by atoms with E-state index in [-0.39, 0.29) is 16.6 Å². The van der Waals surface area contributed by atoms with E-state index in [0.717, 1.165) is 68.5 Å². The van der Waals surface area contributed by atoms with Gasteiger partial charge in [-0.05, 0) is 131 Å². The van der Waals surface area contributed by atoms with Crippen LogP contribution in [-0.2, 0) is 145 Å². The average molecular weight is 1270 g/mol. The minimum Gasteiger partial charge on any atom is -0.494 e. The molecule has 5 aromatic carbocycles. The lowest BCUT2D eigenvalue weighted by molar-refractivity contribution is -0.113. The topological polar surface area (TPSA) is 61.8 Å². The lowest BCUT2D eigenvalue weighted by atomic mass is 9.90. The van der Waals surface area contributed by atoms with Crippen LogP contribution in [0.5, 0.6) is 11.5 Å². The summed E-state index contributed by atoms with van der Waals surface area (Å²) in [6, 6.07) is 31.1. The first-order chi connectivity index (χ1) is 34.1. The van der Waals surface area contributed by atoms with Gasteiger partial charge in [0, 0.05) is 169 Å². The lowest BCUT2D eigenvalue weighted by Crippen LogP contribution is -2.41. The summed E-state index contributed by atoms with van der Waals surface area (Å²) in [4.78, 5) is 24.5. The summed E-state index contributed by atoms with van der Waals surface area (Å²) in [6.45, 7) is 15.1. The Labute approximate surface area is 474 Å². The second kappa shape index (κ2) is 34.2. The molecule has 0 saturated carbocycles. The Morgan fingerprint density at radius 2 is 1.27 bits per heavy atom. The normalized spacial score (nSPS) is 11.4. The van der Waals surface area contributed by atoms with Crippen molar-refractivity contribution in [2.24, 2.45) is 0 Å². The van der Waals surface area contributed by atoms with Crippen LogP contribution < -0.4 is 9.47 Å². The second-order valence-electron chi connectivity index (χ2n) is 16.4. The van der Waals surface area contributed by atoms with E-state index in [2.05, 4.69) is 58.7 Å². The molecule has 1 aliphatic rings. The number of carbonyl (C=O) groups excluding carboxylic acids is 2. The number of carbonyl (C=O) groups is 2. The largest absolute Gasteiger partial charge is 0.494 e. The summed E-state index contributed by atoms with van der Waals surface area (Å²) < 4.78 is 17.6. The average Bonchev–Trinajstić information content (AvgIpc) is 3.73. The Bertz CT molecular complexity index is 3240. The standard InChI is InChI=1S/C27H31ClO3Si.C22H21ClO2.S14/c1-27(2,3)32(4,5)31-15-14-30-22-11-7-18(8-12-22)25-23-17-21(28)10-6-19(23)16-20-9-13-24(29)26(20)25;1-2-17-25-22-15-10-19(11-16-22)9-14-21(24)6-4-3-5-18-7-12-20(23)13-8-18;1-3-5-7-9-11-13-14-12-10-8-6-4-2/h6-8,10-12,16-17H,9,13-15H2,1-5H3;3,5,7-8,10-13,15-16H,2,4,6,17H2,1H3;/b;5-3+;. The van der Waals surface area contributed by atoms with Crippen LogP contribution in [0.4, 0.5) is 0 Å². The van der Waals surface area contributed by atoms with Crippen molar-refractivity contribution in [3.05, 3.63) is 135 Å². The van der Waals surface area contributed by atoms with Gasteiger partial charge in [-0.1, -0.05) is 105 Å². The molecule has 0 fully saturated rings. The predicted octanol–water partition coefficient (Wildman–Crippen LogP) is 13.2. The number of benzene rings is 5. The molecule has 0 bridgehead atoms. The van der Waals surface area contributed by atoms with E-state index in [1.54, 1.807) is 88.8 Å². The molecular formula is C49H52Cl2O5S14Si. The molecule has 0 aliphatic heterocycles. The Morgan fingerprint density at radius 3 is 1.85 bits per heavy atom. The number of ether oxygens (including phenoxy) is 2. The highest BCUT2D eigenvalue weighted by Gasteiger charge is 2.37. The monoisotopic (exact) mass is 1270 g/mol. The summed E-state index contributed by atoms with van der Waals surface area (Å²) in [5, 5.41) is 3.70. The highest BCUT2D eigenvalue weighted by Crippen LogP contribution is 2.40. The quantitative estimate of drug-likeness (QED) is 0.0661. The molecule has 0 unspecified atom stereocenters. The van der Waals surface area contributed by atoms with Crippen LogP contribution in [0.3, 0.4) is 0 Å². The Kier molecular flexibility index (Phi) is 29.8. The summed E-state index contributed by atoms with van der Waals surface area (Å²) in [5.41, 5.74) is 5.84. The van der Waals surface area contributed by atoms with E-state index < -0.39 is 8.32 Å². The van der Waals surface area contributed by atoms with Crippen molar-refractivity contribution in [2.45, 2.75) is 77.9 Å². The molecule has 0 heterocycles. The molecule has 6 rings (SSSR count). The van der Waals surface area contributed by atoms with Crippen LogP contribution in [-0.4, -0.2) is 39.7 Å². The van der Waals surface area contributed by atoms with Crippen LogP contribution in [0, 0.1) is 11.8 Å². The van der Waals surface area contributed by atoms with Crippen LogP contribution in [0.2, 0.25) is 28.2 Å². The first kappa shape index (κ1) is 62.0. The molecule has 0 atom stereocenters. The number of aryl methyl sites for hydroxylation is 1. The molecule has 0 radical (unpaired) electrons. The fourth-order valence-electron chi connectivity index (χ4n) is 6.19. The van der Waals surface area contributed by atoms with Crippen molar-refractivity contribution in [3.63, 3.8) is 0 Å². The Morgan fingerprint density at radius 1 is 0.704 bits per heavy atom. The minimum absolute atomic E-state index is 0.0629. The fourth-order valence-corrected chi connectivity index (χ4v) is 35.0. The van der Waals surface area contributed by atoms with Gasteiger partial charge in [-0.3, -0.25) is 9.59 Å². The number of ketones is 2. The Balaban J connectivity index is 0.000000250. The number of hydrogen-bond acceptors (Lipinski definition) is 7. The van der Waals surface area contributed by atoms with E-state index >= 15 is 0 Å². The molecule has 22 heteroatoms. The van der Waals surface area contributed by atoms with Gasteiger partial charge in [0.25, 0.3) is 0 Å². The smallest absolute Gasteiger partial charge is 0.206 e. The number of hydrogen-bond donors (Lipinski definition) is 0. The van der Waals surface area contributed by atoms with Gasteiger partial charge in [-0.15, -0.1) is 0 Å². The highest BCUT2D eigenvalue weighted by atomic mass is 35.5. The molecule has 0 saturated heterocycles. The Hall–Kier alpha value is -1.56. The summed E-state index contributed by atoms with van der Waals surface area (Å²) >= 11 is 21.6. The zero-order valence-electron chi connectivity index (χ0n) is 39.6. The van der Waals surface area contributed by atoms with E-state index in [1.165, 1.54) is 17.8 Å². The lowest BCUT2D eigenvalue weighted by Gasteiger charge is -2.36. The summed E-state index contributed by atoms with van der Waals surface area (Å²) in [7, 11) is 18.1. The van der Waals surface area contributed by atoms with Gasteiger partial charge < -0.3 is 13.9 Å². The van der Waals surface area contributed by atoms with E-state index in [1.807, 2.05) is 103 Å². The van der Waals surface area contributed by atoms with E-state index in [0.29, 0.717) is 49.1 Å². The molecule has 380 valence electrons. The number of fused-ring (bicyclic) bond motifs is 2. The van der Waals surface area contributed by atoms with Gasteiger partial charge in [0.1, 0.15) is 18.1 Å². The SMILES string of the molecule is CC(C)(C)[Si](C)(C)OCCOc1ccc(-c2c3c(cc4ccc(Cl)cc24)CCC3=O)cc1.CCCOc1ccc(C#CC(=O)CC/C=C/c2ccc(Cl)cc2)cc1.S=S=S=S=S=S=S=S=S=S=S=S=S=S. The minimum atomic E-state index is -1.77. The van der Waals surface area contributed by atoms with Gasteiger partial charge in [0.2, 0.25) is 5.78 Å². The van der Waals surface area contributed by atoms with Crippen LogP contribution in [0.15, 0.2) is 103 Å². The van der Waals surface area contributed by atoms with Crippen LogP contribution >= 0.6 is 23.2 Å². The van der Waals surface area contributed by atoms with Crippen molar-refractivity contribution in [3.8, 4) is 34.5 Å². The zero-order valence-corrected chi connectivity index (χ0v) is 53.5. The van der Waals surface area contributed by atoms with Crippen LogP contribution in [0.25, 0.3) is 28.0 Å². The molecule has 0 amide bonds. The molecule has 71 heavy (non-hydrogen) atoms. The number of Topliss-reactive ketones (excluding diaryl/α,β-unsaturated/α-hetero) is 2. The predicted molar refractivity (Wildman–Crippen MR) is 343 cm³/mol. The zero-order chi connectivity index (χ0) is 51.5. The van der Waals surface area contributed by atoms with Crippen molar-refractivity contribution >= 4 is 189 Å². The van der Waals surface area contributed by atoms with E-state index in [4.69, 9.17) is 59.5 Å². The molecular weight excluding hydrogens is 1220 g/mol. The third kappa shape index (κ3) is 23.1. The molecule has 5 aromatic rings. The maximum Gasteiger partial charge on any atom is 0.206 e. The first-order valence-corrected chi connectivity index (χ1v) is 42.8. The third-order valence-corrected chi connectivity index (χ3v) is 40.0. The number of allylic oxidation sites excluding steroid dienone is 1. The van der Waals surface area contributed by atoms with Crippen LogP contribution in [0.1, 0.15) is 80.4 Å². The molecule has 0 N–H and O–H groups in total. The molecule has 1 aliphatic carbocycles. The highest BCUT2D eigenvalue weighted by molar-refractivity contribution is 8.76. The van der Waals surface area contributed by atoms with Crippen molar-refractivity contribution in [1.29, 1.82) is 0 Å². The van der Waals surface area contributed by atoms with E-state index in [9.17, 15) is 9.59 Å². The van der Waals surface area contributed by atoms with Crippen molar-refractivity contribution in [1.82, 2.24) is 0 Å². The summed E-state index contributed by atoms with van der Waals surface area (Å²) in [5.74, 6) is 7.36. The fraction of sp³-hybridized carbons (Fsp3) is 0.306. The van der Waals surface area contributed by atoms with Gasteiger partial charge in [-0.25, -0.2) is 0 Å². The molecule has 0 aromatic heterocycles. The van der Waals surface area contributed by atoms with Gasteiger partial charge in [0.15, 0.2) is 14.1 Å².